The summed E-state index contributed by atoms with van der Waals surface area (Å²) in [6.45, 7) is 4.22. The number of halogens is 1. The maximum atomic E-state index is 4.31. The predicted octanol–water partition coefficient (Wildman–Crippen LogP) is 4.39. The standard InChI is InChI=1S/C12H13BrN2S/c1-8-10(13)4-3-5-11(8)15-9(2)12-14-6-7-16-12/h3-7,9,15H,1-2H3. The second-order valence-corrected chi connectivity index (χ2v) is 5.43. The van der Waals surface area contributed by atoms with E-state index in [2.05, 4.69) is 52.2 Å². The number of hydrogen-bond acceptors (Lipinski definition) is 3. The fourth-order valence-corrected chi connectivity index (χ4v) is 2.52. The Bertz CT molecular complexity index is 468. The molecule has 0 fully saturated rings. The van der Waals surface area contributed by atoms with E-state index < -0.39 is 0 Å². The highest BCUT2D eigenvalue weighted by Crippen LogP contribution is 2.27. The van der Waals surface area contributed by atoms with Crippen molar-refractivity contribution in [2.24, 2.45) is 0 Å². The Morgan fingerprint density at radius 3 is 2.94 bits per heavy atom. The fraction of sp³-hybridized carbons (Fsp3) is 0.250. The summed E-state index contributed by atoms with van der Waals surface area (Å²) < 4.78 is 1.13. The number of nitrogens with zero attached hydrogens (tertiary/aromatic N) is 1. The SMILES string of the molecule is Cc1c(Br)cccc1NC(C)c1nccs1. The lowest BCUT2D eigenvalue weighted by Gasteiger charge is -2.15. The summed E-state index contributed by atoms with van der Waals surface area (Å²) in [4.78, 5) is 4.31. The molecule has 2 rings (SSSR count). The number of aromatic nitrogens is 1. The van der Waals surface area contributed by atoms with Crippen LogP contribution in [0.2, 0.25) is 0 Å². The van der Waals surface area contributed by atoms with Crippen LogP contribution >= 0.6 is 27.3 Å². The summed E-state index contributed by atoms with van der Waals surface area (Å²) in [6, 6.07) is 6.42. The molecule has 0 saturated carbocycles. The molecule has 84 valence electrons. The van der Waals surface area contributed by atoms with E-state index in [4.69, 9.17) is 0 Å². The lowest BCUT2D eigenvalue weighted by molar-refractivity contribution is 0.867. The molecular formula is C12H13BrN2S. The summed E-state index contributed by atoms with van der Waals surface area (Å²) in [7, 11) is 0. The minimum absolute atomic E-state index is 0.244. The van der Waals surface area contributed by atoms with Crippen molar-refractivity contribution in [1.82, 2.24) is 4.98 Å². The number of anilines is 1. The second-order valence-electron chi connectivity index (χ2n) is 3.65. The van der Waals surface area contributed by atoms with Crippen LogP contribution in [0.1, 0.15) is 23.5 Å². The summed E-state index contributed by atoms with van der Waals surface area (Å²) in [5, 5.41) is 6.58. The van der Waals surface area contributed by atoms with Crippen molar-refractivity contribution in [1.29, 1.82) is 0 Å². The quantitative estimate of drug-likeness (QED) is 0.909. The topological polar surface area (TPSA) is 24.9 Å². The van der Waals surface area contributed by atoms with E-state index in [0.29, 0.717) is 0 Å². The van der Waals surface area contributed by atoms with Crippen LogP contribution < -0.4 is 5.32 Å². The molecule has 2 nitrogen and oxygen atoms in total. The average Bonchev–Trinajstić information content (AvgIpc) is 2.78. The van der Waals surface area contributed by atoms with Gasteiger partial charge in [0.2, 0.25) is 0 Å². The normalized spacial score (nSPS) is 12.4. The van der Waals surface area contributed by atoms with Crippen molar-refractivity contribution in [3.8, 4) is 0 Å². The van der Waals surface area contributed by atoms with Gasteiger partial charge in [-0.2, -0.15) is 0 Å². The third-order valence-electron chi connectivity index (χ3n) is 2.46. The maximum absolute atomic E-state index is 4.31. The molecule has 0 bridgehead atoms. The van der Waals surface area contributed by atoms with E-state index in [0.717, 1.165) is 15.2 Å². The second kappa shape index (κ2) is 4.97. The molecular weight excluding hydrogens is 284 g/mol. The van der Waals surface area contributed by atoms with Gasteiger partial charge < -0.3 is 5.32 Å². The Hall–Kier alpha value is -0.870. The largest absolute Gasteiger partial charge is 0.376 e. The van der Waals surface area contributed by atoms with Crippen LogP contribution in [0.4, 0.5) is 5.69 Å². The van der Waals surface area contributed by atoms with Crippen LogP contribution in [-0.2, 0) is 0 Å². The molecule has 2 aromatic rings. The van der Waals surface area contributed by atoms with Crippen LogP contribution in [0.15, 0.2) is 34.2 Å². The van der Waals surface area contributed by atoms with E-state index in [9.17, 15) is 0 Å². The van der Waals surface area contributed by atoms with Gasteiger partial charge in [-0.3, -0.25) is 0 Å². The third-order valence-corrected chi connectivity index (χ3v) is 4.28. The van der Waals surface area contributed by atoms with Gasteiger partial charge in [0, 0.05) is 21.7 Å². The van der Waals surface area contributed by atoms with Gasteiger partial charge in [0.1, 0.15) is 5.01 Å². The van der Waals surface area contributed by atoms with Gasteiger partial charge in [-0.05, 0) is 31.5 Å². The van der Waals surface area contributed by atoms with Crippen molar-refractivity contribution in [2.75, 3.05) is 5.32 Å². The molecule has 0 spiro atoms. The average molecular weight is 297 g/mol. The number of hydrogen-bond donors (Lipinski definition) is 1. The van der Waals surface area contributed by atoms with E-state index in [1.807, 2.05) is 17.6 Å². The minimum Gasteiger partial charge on any atom is -0.376 e. The molecule has 1 heterocycles. The molecule has 0 saturated heterocycles. The first-order valence-electron chi connectivity index (χ1n) is 5.09. The molecule has 1 unspecified atom stereocenters. The highest BCUT2D eigenvalue weighted by molar-refractivity contribution is 9.10. The molecule has 0 aliphatic rings. The summed E-state index contributed by atoms with van der Waals surface area (Å²) in [5.74, 6) is 0. The lowest BCUT2D eigenvalue weighted by Crippen LogP contribution is -2.07. The zero-order chi connectivity index (χ0) is 11.5. The van der Waals surface area contributed by atoms with Crippen LogP contribution in [0, 0.1) is 6.92 Å². The smallest absolute Gasteiger partial charge is 0.115 e. The van der Waals surface area contributed by atoms with Crippen molar-refractivity contribution in [3.05, 3.63) is 44.8 Å². The Balaban J connectivity index is 2.18. The molecule has 1 aromatic heterocycles. The van der Waals surface area contributed by atoms with Crippen LogP contribution in [0.5, 0.6) is 0 Å². The molecule has 1 N–H and O–H groups in total. The molecule has 0 radical (unpaired) electrons. The highest BCUT2D eigenvalue weighted by Gasteiger charge is 2.09. The van der Waals surface area contributed by atoms with Crippen molar-refractivity contribution >= 4 is 33.0 Å². The summed E-state index contributed by atoms with van der Waals surface area (Å²) >= 11 is 5.21. The molecule has 0 aliphatic heterocycles. The van der Waals surface area contributed by atoms with Gasteiger partial charge in [0.25, 0.3) is 0 Å². The number of benzene rings is 1. The first-order valence-corrected chi connectivity index (χ1v) is 6.77. The fourth-order valence-electron chi connectivity index (χ4n) is 1.51. The van der Waals surface area contributed by atoms with Gasteiger partial charge >= 0.3 is 0 Å². The molecule has 0 aliphatic carbocycles. The molecule has 1 aromatic carbocycles. The van der Waals surface area contributed by atoms with Crippen LogP contribution in [0.25, 0.3) is 0 Å². The van der Waals surface area contributed by atoms with Crippen LogP contribution in [0.3, 0.4) is 0 Å². The minimum atomic E-state index is 0.244. The van der Waals surface area contributed by atoms with Crippen molar-refractivity contribution in [2.45, 2.75) is 19.9 Å². The Labute approximate surface area is 108 Å². The monoisotopic (exact) mass is 296 g/mol. The first-order chi connectivity index (χ1) is 7.68. The first kappa shape index (κ1) is 11.6. The zero-order valence-corrected chi connectivity index (χ0v) is 11.6. The van der Waals surface area contributed by atoms with Gasteiger partial charge in [-0.25, -0.2) is 4.98 Å². The maximum Gasteiger partial charge on any atom is 0.115 e. The highest BCUT2D eigenvalue weighted by atomic mass is 79.9. The van der Waals surface area contributed by atoms with Crippen LogP contribution in [-0.4, -0.2) is 4.98 Å². The Morgan fingerprint density at radius 1 is 1.44 bits per heavy atom. The van der Waals surface area contributed by atoms with Gasteiger partial charge in [0.15, 0.2) is 0 Å². The zero-order valence-electron chi connectivity index (χ0n) is 9.20. The Morgan fingerprint density at radius 2 is 2.25 bits per heavy atom. The van der Waals surface area contributed by atoms with Crippen molar-refractivity contribution in [3.63, 3.8) is 0 Å². The third kappa shape index (κ3) is 2.44. The number of nitrogens with one attached hydrogen (secondary N) is 1. The van der Waals surface area contributed by atoms with Gasteiger partial charge in [0.05, 0.1) is 6.04 Å². The predicted molar refractivity (Wildman–Crippen MR) is 73.0 cm³/mol. The summed E-state index contributed by atoms with van der Waals surface area (Å²) in [6.07, 6.45) is 1.84. The molecule has 0 amide bonds. The van der Waals surface area contributed by atoms with Gasteiger partial charge in [-0.1, -0.05) is 22.0 Å². The van der Waals surface area contributed by atoms with Crippen molar-refractivity contribution < 1.29 is 0 Å². The molecule has 4 heteroatoms. The lowest BCUT2D eigenvalue weighted by atomic mass is 10.2. The number of thiazole rings is 1. The van der Waals surface area contributed by atoms with Gasteiger partial charge in [-0.15, -0.1) is 11.3 Å². The van der Waals surface area contributed by atoms with E-state index >= 15 is 0 Å². The number of rotatable bonds is 3. The van der Waals surface area contributed by atoms with E-state index in [-0.39, 0.29) is 6.04 Å². The molecule has 1 atom stereocenters. The van der Waals surface area contributed by atoms with E-state index in [1.54, 1.807) is 11.3 Å². The Kier molecular flexibility index (Phi) is 3.61. The van der Waals surface area contributed by atoms with E-state index in [1.165, 1.54) is 5.56 Å². The summed E-state index contributed by atoms with van der Waals surface area (Å²) in [5.41, 5.74) is 2.38. The molecule has 16 heavy (non-hydrogen) atoms.